The number of aliphatic hydroxyl groups excluding tert-OH is 1. The van der Waals surface area contributed by atoms with Gasteiger partial charge in [0.25, 0.3) is 0 Å². The number of hydrogen-bond donors (Lipinski definition) is 3. The molecule has 0 radical (unpaired) electrons. The highest BCUT2D eigenvalue weighted by molar-refractivity contribution is 7.47. The van der Waals surface area contributed by atoms with Gasteiger partial charge in [-0.3, -0.25) is 37.3 Å². The number of phosphoric ester groups is 2. The van der Waals surface area contributed by atoms with E-state index >= 15 is 0 Å². The van der Waals surface area contributed by atoms with E-state index in [2.05, 4.69) is 41.5 Å². The second-order valence-corrected chi connectivity index (χ2v) is 32.7. The molecule has 19 heteroatoms. The first-order valence-electron chi connectivity index (χ1n) is 41.5. The first kappa shape index (κ1) is 97.1. The number of carbonyl (C=O) groups is 4. The van der Waals surface area contributed by atoms with Gasteiger partial charge in [0, 0.05) is 25.7 Å². The van der Waals surface area contributed by atoms with Crippen LogP contribution in [0, 0.1) is 11.8 Å². The molecule has 588 valence electrons. The van der Waals surface area contributed by atoms with Crippen LogP contribution in [0.4, 0.5) is 0 Å². The van der Waals surface area contributed by atoms with Gasteiger partial charge in [-0.15, -0.1) is 0 Å². The Kier molecular flexibility index (Phi) is 70.3. The maximum atomic E-state index is 13.1. The molecule has 0 spiro atoms. The molecular formula is C80H156O17P2. The molecule has 0 saturated heterocycles. The van der Waals surface area contributed by atoms with Crippen molar-refractivity contribution < 1.29 is 80.2 Å². The van der Waals surface area contributed by atoms with Gasteiger partial charge in [0.1, 0.15) is 19.3 Å². The topological polar surface area (TPSA) is 237 Å². The number of hydrogen-bond acceptors (Lipinski definition) is 15. The highest BCUT2D eigenvalue weighted by Gasteiger charge is 2.30. The molecule has 2 unspecified atom stereocenters. The van der Waals surface area contributed by atoms with Crippen molar-refractivity contribution in [3.8, 4) is 0 Å². The lowest BCUT2D eigenvalue weighted by Crippen LogP contribution is -2.30. The van der Waals surface area contributed by atoms with E-state index in [0.717, 1.165) is 102 Å². The zero-order valence-electron chi connectivity index (χ0n) is 64.8. The third-order valence-corrected chi connectivity index (χ3v) is 20.6. The summed E-state index contributed by atoms with van der Waals surface area (Å²) in [4.78, 5) is 73.0. The Morgan fingerprint density at radius 1 is 0.273 bits per heavy atom. The molecule has 0 saturated carbocycles. The van der Waals surface area contributed by atoms with Crippen LogP contribution in [0.15, 0.2) is 0 Å². The van der Waals surface area contributed by atoms with Crippen LogP contribution in [0.25, 0.3) is 0 Å². The van der Waals surface area contributed by atoms with Gasteiger partial charge in [-0.25, -0.2) is 9.13 Å². The Balaban J connectivity index is 5.26. The van der Waals surface area contributed by atoms with Crippen LogP contribution in [0.5, 0.6) is 0 Å². The summed E-state index contributed by atoms with van der Waals surface area (Å²) in [5, 5.41) is 10.6. The summed E-state index contributed by atoms with van der Waals surface area (Å²) in [5.41, 5.74) is 0. The third kappa shape index (κ3) is 74.1. The fourth-order valence-corrected chi connectivity index (χ4v) is 13.9. The number of carbonyl (C=O) groups excluding carboxylic acids is 4. The average Bonchev–Trinajstić information content (AvgIpc) is 0.989. The number of unbranched alkanes of at least 4 members (excludes halogenated alkanes) is 49. The summed E-state index contributed by atoms with van der Waals surface area (Å²) in [6.45, 7) is 9.66. The molecule has 0 aliphatic heterocycles. The van der Waals surface area contributed by atoms with Crippen molar-refractivity contribution in [2.24, 2.45) is 11.8 Å². The van der Waals surface area contributed by atoms with Gasteiger partial charge in [-0.2, -0.15) is 0 Å². The normalized spacial score (nSPS) is 13.9. The molecule has 0 heterocycles. The van der Waals surface area contributed by atoms with Gasteiger partial charge >= 0.3 is 39.5 Å². The zero-order chi connectivity index (χ0) is 72.8. The Labute approximate surface area is 607 Å². The molecule has 0 aromatic carbocycles. The van der Waals surface area contributed by atoms with Crippen molar-refractivity contribution in [1.82, 2.24) is 0 Å². The molecule has 0 amide bonds. The highest BCUT2D eigenvalue weighted by Crippen LogP contribution is 2.45. The summed E-state index contributed by atoms with van der Waals surface area (Å²) >= 11 is 0. The van der Waals surface area contributed by atoms with Crippen LogP contribution in [0.2, 0.25) is 0 Å². The average molecular weight is 1450 g/mol. The van der Waals surface area contributed by atoms with E-state index in [0.29, 0.717) is 25.7 Å². The monoisotopic (exact) mass is 1450 g/mol. The van der Waals surface area contributed by atoms with Gasteiger partial charge in [-0.1, -0.05) is 369 Å². The van der Waals surface area contributed by atoms with Crippen LogP contribution in [0.3, 0.4) is 0 Å². The molecule has 17 nitrogen and oxygen atoms in total. The van der Waals surface area contributed by atoms with Gasteiger partial charge in [0.15, 0.2) is 12.2 Å². The molecule has 0 bridgehead atoms. The predicted octanol–water partition coefficient (Wildman–Crippen LogP) is 23.9. The molecule has 0 aliphatic carbocycles. The van der Waals surface area contributed by atoms with E-state index < -0.39 is 97.5 Å². The molecular weight excluding hydrogens is 1290 g/mol. The standard InChI is InChI=1S/C80H156O17P2/c1-7-9-11-13-15-17-19-20-21-22-23-26-34-40-46-52-58-64-79(84)96-76(69-91-78(83)63-57-51-45-39-33-27-24-25-31-36-42-48-54-60-72(3)4)71-95-99(88,89)93-67-74(81)66-92-98(86,87)94-70-75(68-90-77(82)62-56-50-44-38-30-18-16-14-12-10-8-2)97-80(85)65-59-53-47-41-35-29-28-32-37-43-49-55-61-73(5)6/h72-76,81H,7-71H2,1-6H3,(H,86,87)(H,88,89)/t74-,75+,76+/m0/s1. The summed E-state index contributed by atoms with van der Waals surface area (Å²) in [5.74, 6) is -0.540. The van der Waals surface area contributed by atoms with Crippen LogP contribution in [-0.2, 0) is 65.4 Å². The molecule has 0 aromatic heterocycles. The predicted molar refractivity (Wildman–Crippen MR) is 405 cm³/mol. The minimum absolute atomic E-state index is 0.107. The van der Waals surface area contributed by atoms with Gasteiger partial charge in [0.2, 0.25) is 0 Å². The quantitative estimate of drug-likeness (QED) is 0.0222. The Bertz CT molecular complexity index is 1910. The molecule has 3 N–H and O–H groups in total. The van der Waals surface area contributed by atoms with Crippen LogP contribution < -0.4 is 0 Å². The van der Waals surface area contributed by atoms with Crippen molar-refractivity contribution >= 4 is 39.5 Å². The summed E-state index contributed by atoms with van der Waals surface area (Å²) in [6.07, 6.45) is 60.9. The van der Waals surface area contributed by atoms with Crippen molar-refractivity contribution in [1.29, 1.82) is 0 Å². The van der Waals surface area contributed by atoms with E-state index in [1.54, 1.807) is 0 Å². The second kappa shape index (κ2) is 71.7. The number of rotatable bonds is 79. The summed E-state index contributed by atoms with van der Waals surface area (Å²) < 4.78 is 68.7. The van der Waals surface area contributed by atoms with Gasteiger partial charge in [-0.05, 0) is 37.5 Å². The van der Waals surface area contributed by atoms with Crippen LogP contribution >= 0.6 is 15.6 Å². The van der Waals surface area contributed by atoms with E-state index in [1.807, 2.05) is 0 Å². The maximum absolute atomic E-state index is 13.1. The fraction of sp³-hybridized carbons (Fsp3) is 0.950. The van der Waals surface area contributed by atoms with E-state index in [-0.39, 0.29) is 25.7 Å². The molecule has 0 aliphatic rings. The number of esters is 4. The fourth-order valence-electron chi connectivity index (χ4n) is 12.4. The SMILES string of the molecule is CCCCCCCCCCCCCCCCCCCC(=O)O[C@H](COC(=O)CCCCCCCCCCCCCCCC(C)C)COP(=O)(O)OC[C@@H](O)COP(=O)(O)OC[C@@H](COC(=O)CCCCCCCCCCCCC)OC(=O)CCCCCCCCCCCCCCC(C)C. The molecule has 5 atom stereocenters. The lowest BCUT2D eigenvalue weighted by Gasteiger charge is -2.21. The van der Waals surface area contributed by atoms with Crippen molar-refractivity contribution in [2.75, 3.05) is 39.6 Å². The third-order valence-electron chi connectivity index (χ3n) is 18.7. The highest BCUT2D eigenvalue weighted by atomic mass is 31.2. The Hall–Kier alpha value is -1.94. The molecule has 0 rings (SSSR count). The van der Waals surface area contributed by atoms with Gasteiger partial charge < -0.3 is 33.8 Å². The number of aliphatic hydroxyl groups is 1. The van der Waals surface area contributed by atoms with Crippen molar-refractivity contribution in [3.05, 3.63) is 0 Å². The smallest absolute Gasteiger partial charge is 0.462 e. The second-order valence-electron chi connectivity index (χ2n) is 29.8. The lowest BCUT2D eigenvalue weighted by atomic mass is 10.0. The van der Waals surface area contributed by atoms with E-state index in [9.17, 15) is 43.2 Å². The lowest BCUT2D eigenvalue weighted by molar-refractivity contribution is -0.161. The Morgan fingerprint density at radius 2 is 0.465 bits per heavy atom. The summed E-state index contributed by atoms with van der Waals surface area (Å²) in [7, 11) is -9.92. The minimum atomic E-state index is -4.96. The number of ether oxygens (including phenoxy) is 4. The van der Waals surface area contributed by atoms with Crippen molar-refractivity contribution in [2.45, 2.75) is 439 Å². The van der Waals surface area contributed by atoms with Crippen molar-refractivity contribution in [3.63, 3.8) is 0 Å². The maximum Gasteiger partial charge on any atom is 0.472 e. The van der Waals surface area contributed by atoms with E-state index in [1.165, 1.54) is 238 Å². The molecule has 0 fully saturated rings. The zero-order valence-corrected chi connectivity index (χ0v) is 66.6. The largest absolute Gasteiger partial charge is 0.472 e. The molecule has 0 aromatic rings. The number of phosphoric acid groups is 2. The minimum Gasteiger partial charge on any atom is -0.462 e. The van der Waals surface area contributed by atoms with E-state index in [4.69, 9.17) is 37.0 Å². The first-order valence-corrected chi connectivity index (χ1v) is 44.5. The van der Waals surface area contributed by atoms with Crippen LogP contribution in [0.1, 0.15) is 420 Å². The molecule has 99 heavy (non-hydrogen) atoms. The van der Waals surface area contributed by atoms with Crippen LogP contribution in [-0.4, -0.2) is 96.7 Å². The van der Waals surface area contributed by atoms with Gasteiger partial charge in [0.05, 0.1) is 26.4 Å². The summed E-state index contributed by atoms with van der Waals surface area (Å²) in [6, 6.07) is 0. The first-order chi connectivity index (χ1) is 47.9. The Morgan fingerprint density at radius 3 is 0.687 bits per heavy atom.